The Morgan fingerprint density at radius 2 is 1.88 bits per heavy atom. The Labute approximate surface area is 145 Å². The third-order valence-electron chi connectivity index (χ3n) is 4.17. The van der Waals surface area contributed by atoms with Crippen molar-refractivity contribution < 1.29 is 27.8 Å². The molecule has 25 heavy (non-hydrogen) atoms. The van der Waals surface area contributed by atoms with Crippen LogP contribution in [0.15, 0.2) is 47.4 Å². The van der Waals surface area contributed by atoms with Gasteiger partial charge < -0.3 is 14.6 Å². The Bertz CT molecular complexity index is 924. The number of carbonyl (C=O) groups is 1. The Morgan fingerprint density at radius 1 is 1.16 bits per heavy atom. The number of benzene rings is 2. The number of methoxy groups -OCH3 is 2. The fourth-order valence-electron chi connectivity index (χ4n) is 2.91. The van der Waals surface area contributed by atoms with Gasteiger partial charge in [0.05, 0.1) is 26.5 Å². The van der Waals surface area contributed by atoms with Crippen LogP contribution in [0.1, 0.15) is 11.5 Å². The fraction of sp³-hybridized carbons (Fsp3) is 0.235. The molecular formula is C17H17NO6S. The molecule has 0 saturated carbocycles. The van der Waals surface area contributed by atoms with Crippen LogP contribution in [0.4, 0.5) is 5.69 Å². The van der Waals surface area contributed by atoms with Crippen molar-refractivity contribution >= 4 is 21.7 Å². The van der Waals surface area contributed by atoms with Crippen LogP contribution in [0.2, 0.25) is 0 Å². The first-order chi connectivity index (χ1) is 11.9. The number of sulfonamides is 1. The molecule has 0 spiro atoms. The Kier molecular flexibility index (Phi) is 4.30. The van der Waals surface area contributed by atoms with Crippen LogP contribution >= 0.6 is 0 Å². The molecule has 7 nitrogen and oxygen atoms in total. The van der Waals surface area contributed by atoms with Crippen molar-refractivity contribution in [2.24, 2.45) is 0 Å². The summed E-state index contributed by atoms with van der Waals surface area (Å²) in [6.07, 6.45) is 0. The summed E-state index contributed by atoms with van der Waals surface area (Å²) in [6.45, 7) is -0.169. The number of hydrogen-bond donors (Lipinski definition) is 1. The van der Waals surface area contributed by atoms with Gasteiger partial charge in [-0.25, -0.2) is 8.42 Å². The number of fused-ring (bicyclic) bond motifs is 1. The highest BCUT2D eigenvalue weighted by Gasteiger charge is 2.40. The molecule has 1 aliphatic rings. The second-order valence-electron chi connectivity index (χ2n) is 5.50. The minimum absolute atomic E-state index is 0.0739. The molecule has 0 amide bonds. The first-order valence-electron chi connectivity index (χ1n) is 7.46. The van der Waals surface area contributed by atoms with Crippen LogP contribution in [-0.4, -0.2) is 40.3 Å². The second-order valence-corrected chi connectivity index (χ2v) is 7.33. The maximum absolute atomic E-state index is 13.2. The van der Waals surface area contributed by atoms with Gasteiger partial charge in [-0.1, -0.05) is 18.2 Å². The number of rotatable bonds is 5. The molecule has 1 atom stereocenters. The topological polar surface area (TPSA) is 93.1 Å². The molecule has 1 N–H and O–H groups in total. The molecular weight excluding hydrogens is 346 g/mol. The van der Waals surface area contributed by atoms with Gasteiger partial charge in [0.2, 0.25) is 0 Å². The number of hydrogen-bond acceptors (Lipinski definition) is 5. The molecule has 1 heterocycles. The van der Waals surface area contributed by atoms with Crippen molar-refractivity contribution in [2.75, 3.05) is 25.1 Å². The van der Waals surface area contributed by atoms with Gasteiger partial charge in [0.15, 0.2) is 0 Å². The van der Waals surface area contributed by atoms with E-state index < -0.39 is 21.9 Å². The lowest BCUT2D eigenvalue weighted by molar-refractivity contribution is -0.138. The largest absolute Gasteiger partial charge is 0.497 e. The number of para-hydroxylation sites is 1. The molecule has 0 saturated heterocycles. The predicted molar refractivity (Wildman–Crippen MR) is 90.9 cm³/mol. The van der Waals surface area contributed by atoms with Gasteiger partial charge in [-0.2, -0.15) is 0 Å². The van der Waals surface area contributed by atoms with Crippen molar-refractivity contribution in [3.8, 4) is 11.5 Å². The average Bonchev–Trinajstić information content (AvgIpc) is 3.02. The molecule has 1 aliphatic heterocycles. The molecule has 0 aliphatic carbocycles. The zero-order chi connectivity index (χ0) is 18.2. The first kappa shape index (κ1) is 17.1. The van der Waals surface area contributed by atoms with E-state index in [1.807, 2.05) is 0 Å². The number of carboxylic acids is 1. The molecule has 8 heteroatoms. The van der Waals surface area contributed by atoms with E-state index in [1.165, 1.54) is 26.4 Å². The molecule has 2 aromatic rings. The van der Waals surface area contributed by atoms with Crippen molar-refractivity contribution in [2.45, 2.75) is 10.8 Å². The highest BCUT2D eigenvalue weighted by atomic mass is 32.2. The molecule has 1 unspecified atom stereocenters. The molecule has 132 valence electrons. The number of carboxylic acid groups (broad SMARTS) is 1. The van der Waals surface area contributed by atoms with Gasteiger partial charge in [-0.05, 0) is 23.8 Å². The Balaban J connectivity index is 2.15. The van der Waals surface area contributed by atoms with Gasteiger partial charge in [0, 0.05) is 6.07 Å². The predicted octanol–water partition coefficient (Wildman–Crippen LogP) is 2.08. The van der Waals surface area contributed by atoms with Gasteiger partial charge in [-0.15, -0.1) is 0 Å². The third kappa shape index (κ3) is 2.78. The van der Waals surface area contributed by atoms with E-state index >= 15 is 0 Å². The van der Waals surface area contributed by atoms with E-state index in [4.69, 9.17) is 9.47 Å². The van der Waals surface area contributed by atoms with E-state index in [-0.39, 0.29) is 17.2 Å². The second kappa shape index (κ2) is 6.29. The van der Waals surface area contributed by atoms with Gasteiger partial charge in [0.25, 0.3) is 10.0 Å². The lowest BCUT2D eigenvalue weighted by Gasteiger charge is -2.21. The number of aliphatic carboxylic acids is 1. The smallest absolute Gasteiger partial charge is 0.312 e. The van der Waals surface area contributed by atoms with Crippen molar-refractivity contribution in [1.29, 1.82) is 0 Å². The maximum Gasteiger partial charge on any atom is 0.312 e. The SMILES string of the molecule is COc1ccc(OC)c(S(=O)(=O)N2CC(C(=O)O)c3ccccc32)c1. The Morgan fingerprint density at radius 3 is 2.52 bits per heavy atom. The molecule has 2 aromatic carbocycles. The van der Waals surface area contributed by atoms with Crippen LogP contribution in [-0.2, 0) is 14.8 Å². The molecule has 3 rings (SSSR count). The van der Waals surface area contributed by atoms with Crippen LogP contribution < -0.4 is 13.8 Å². The number of nitrogens with zero attached hydrogens (tertiary/aromatic N) is 1. The summed E-state index contributed by atoms with van der Waals surface area (Å²) < 4.78 is 37.8. The van der Waals surface area contributed by atoms with E-state index in [0.29, 0.717) is 17.0 Å². The first-order valence-corrected chi connectivity index (χ1v) is 8.90. The summed E-state index contributed by atoms with van der Waals surface area (Å²) in [5.74, 6) is -1.45. The highest BCUT2D eigenvalue weighted by molar-refractivity contribution is 7.93. The number of anilines is 1. The fourth-order valence-corrected chi connectivity index (χ4v) is 4.59. The van der Waals surface area contributed by atoms with Gasteiger partial charge in [-0.3, -0.25) is 9.10 Å². The van der Waals surface area contributed by atoms with Crippen molar-refractivity contribution in [3.05, 3.63) is 48.0 Å². The Hall–Kier alpha value is -2.74. The summed E-state index contributed by atoms with van der Waals surface area (Å²) in [4.78, 5) is 11.5. The van der Waals surface area contributed by atoms with E-state index in [0.717, 1.165) is 4.31 Å². The van der Waals surface area contributed by atoms with Crippen LogP contribution in [0.5, 0.6) is 11.5 Å². The van der Waals surface area contributed by atoms with Crippen LogP contribution in [0.3, 0.4) is 0 Å². The molecule has 0 fully saturated rings. The lowest BCUT2D eigenvalue weighted by atomic mass is 10.0. The van der Waals surface area contributed by atoms with Crippen molar-refractivity contribution in [3.63, 3.8) is 0 Å². The zero-order valence-corrected chi connectivity index (χ0v) is 14.5. The standard InChI is InChI=1S/C17H17NO6S/c1-23-11-7-8-15(24-2)16(9-11)25(21,22)18-10-13(17(19)20)12-5-3-4-6-14(12)18/h3-9,13H,10H2,1-2H3,(H,19,20). The number of ether oxygens (including phenoxy) is 2. The van der Waals surface area contributed by atoms with E-state index in [1.54, 1.807) is 30.3 Å². The summed E-state index contributed by atoms with van der Waals surface area (Å²) >= 11 is 0. The zero-order valence-electron chi connectivity index (χ0n) is 13.7. The van der Waals surface area contributed by atoms with E-state index in [2.05, 4.69) is 0 Å². The molecule has 0 aromatic heterocycles. The van der Waals surface area contributed by atoms with E-state index in [9.17, 15) is 18.3 Å². The summed E-state index contributed by atoms with van der Waals surface area (Å²) in [7, 11) is -1.22. The van der Waals surface area contributed by atoms with Crippen LogP contribution in [0, 0.1) is 0 Å². The summed E-state index contributed by atoms with van der Waals surface area (Å²) in [5.41, 5.74) is 0.834. The lowest BCUT2D eigenvalue weighted by Crippen LogP contribution is -2.31. The highest BCUT2D eigenvalue weighted by Crippen LogP contribution is 2.41. The summed E-state index contributed by atoms with van der Waals surface area (Å²) in [6, 6.07) is 11.1. The third-order valence-corrected chi connectivity index (χ3v) is 5.97. The molecule has 0 bridgehead atoms. The van der Waals surface area contributed by atoms with Crippen LogP contribution in [0.25, 0.3) is 0 Å². The monoisotopic (exact) mass is 363 g/mol. The normalized spacial score (nSPS) is 16.4. The van der Waals surface area contributed by atoms with Crippen molar-refractivity contribution in [1.82, 2.24) is 0 Å². The minimum Gasteiger partial charge on any atom is -0.497 e. The molecule has 0 radical (unpaired) electrons. The summed E-state index contributed by atoms with van der Waals surface area (Å²) in [5, 5.41) is 9.43. The maximum atomic E-state index is 13.2. The van der Waals surface area contributed by atoms with Gasteiger partial charge in [0.1, 0.15) is 22.3 Å². The minimum atomic E-state index is -4.03. The quantitative estimate of drug-likeness (QED) is 0.874. The van der Waals surface area contributed by atoms with Gasteiger partial charge >= 0.3 is 5.97 Å². The average molecular weight is 363 g/mol.